The summed E-state index contributed by atoms with van der Waals surface area (Å²) in [6, 6.07) is 14.4. The lowest BCUT2D eigenvalue weighted by atomic mass is 10.0. The Labute approximate surface area is 146 Å². The first-order chi connectivity index (χ1) is 11.9. The Hall–Kier alpha value is -2.67. The Balaban J connectivity index is 2.24. The number of fused-ring (bicyclic) bond motifs is 1. The summed E-state index contributed by atoms with van der Waals surface area (Å²) in [6.45, 7) is 4.93. The highest BCUT2D eigenvalue weighted by molar-refractivity contribution is 7.90. The molecule has 0 saturated heterocycles. The van der Waals surface area contributed by atoms with Gasteiger partial charge in [0, 0.05) is 11.1 Å². The van der Waals surface area contributed by atoms with Crippen molar-refractivity contribution in [1.29, 1.82) is 0 Å². The van der Waals surface area contributed by atoms with Gasteiger partial charge in [-0.25, -0.2) is 17.4 Å². The van der Waals surface area contributed by atoms with Crippen LogP contribution in [0.1, 0.15) is 30.8 Å². The summed E-state index contributed by atoms with van der Waals surface area (Å²) in [7, 11) is -3.55. The number of aryl methyl sites for hydroxylation is 1. The van der Waals surface area contributed by atoms with E-state index < -0.39 is 15.3 Å². The molecule has 2 aromatic carbocycles. The summed E-state index contributed by atoms with van der Waals surface area (Å²) in [6.07, 6.45) is 0. The van der Waals surface area contributed by atoms with E-state index in [1.807, 2.05) is 30.3 Å². The molecule has 1 aromatic heterocycles. The van der Waals surface area contributed by atoms with Gasteiger partial charge in [0.2, 0.25) is 10.0 Å². The second-order valence-electron chi connectivity index (χ2n) is 6.04. The van der Waals surface area contributed by atoms with Crippen molar-refractivity contribution in [2.24, 2.45) is 5.16 Å². The maximum Gasteiger partial charge on any atom is 0.242 e. The number of imidazole rings is 1. The van der Waals surface area contributed by atoms with Crippen molar-refractivity contribution in [3.63, 3.8) is 0 Å². The van der Waals surface area contributed by atoms with Crippen LogP contribution in [0.5, 0.6) is 0 Å². The fraction of sp³-hybridized carbons (Fsp3) is 0.222. The number of hydrogen-bond donors (Lipinski definition) is 1. The Morgan fingerprint density at radius 2 is 1.80 bits per heavy atom. The molecule has 130 valence electrons. The first-order valence-electron chi connectivity index (χ1n) is 7.87. The van der Waals surface area contributed by atoms with Gasteiger partial charge in [0.1, 0.15) is 11.5 Å². The van der Waals surface area contributed by atoms with Gasteiger partial charge in [-0.05, 0) is 32.9 Å². The van der Waals surface area contributed by atoms with Gasteiger partial charge >= 0.3 is 0 Å². The zero-order valence-corrected chi connectivity index (χ0v) is 15.0. The van der Waals surface area contributed by atoms with E-state index in [-0.39, 0.29) is 0 Å². The fourth-order valence-corrected chi connectivity index (χ4v) is 3.98. The van der Waals surface area contributed by atoms with Crippen LogP contribution < -0.4 is 0 Å². The molecule has 0 aliphatic rings. The minimum Gasteiger partial charge on any atom is -0.410 e. The van der Waals surface area contributed by atoms with Crippen molar-refractivity contribution >= 4 is 26.8 Å². The molecule has 3 aromatic rings. The van der Waals surface area contributed by atoms with Crippen LogP contribution >= 0.6 is 0 Å². The van der Waals surface area contributed by atoms with Gasteiger partial charge in [0.15, 0.2) is 0 Å². The maximum absolute atomic E-state index is 12.7. The smallest absolute Gasteiger partial charge is 0.242 e. The van der Waals surface area contributed by atoms with Crippen molar-refractivity contribution in [2.45, 2.75) is 26.0 Å². The van der Waals surface area contributed by atoms with Crippen LogP contribution in [-0.2, 0) is 10.0 Å². The molecule has 1 N–H and O–H groups in total. The lowest BCUT2D eigenvalue weighted by molar-refractivity contribution is 0.319. The summed E-state index contributed by atoms with van der Waals surface area (Å²) in [5.41, 5.74) is 2.77. The van der Waals surface area contributed by atoms with Crippen LogP contribution in [0.2, 0.25) is 0 Å². The highest BCUT2D eigenvalue weighted by atomic mass is 32.2. The first-order valence-corrected chi connectivity index (χ1v) is 9.38. The van der Waals surface area contributed by atoms with Crippen LogP contribution in [0.15, 0.2) is 53.7 Å². The molecule has 0 spiro atoms. The Morgan fingerprint density at radius 3 is 2.40 bits per heavy atom. The number of hydrogen-bond acceptors (Lipinski definition) is 5. The van der Waals surface area contributed by atoms with Crippen LogP contribution in [0.4, 0.5) is 0 Å². The van der Waals surface area contributed by atoms with Gasteiger partial charge in [0.05, 0.1) is 16.3 Å². The third kappa shape index (κ3) is 2.91. The molecule has 0 bridgehead atoms. The molecule has 1 heterocycles. The highest BCUT2D eigenvalue weighted by Crippen LogP contribution is 2.23. The molecular weight excluding hydrogens is 338 g/mol. The number of oxime groups is 1. The molecule has 0 radical (unpaired) electrons. The lowest BCUT2D eigenvalue weighted by Gasteiger charge is -2.12. The van der Waals surface area contributed by atoms with E-state index in [0.29, 0.717) is 28.1 Å². The molecule has 0 amide bonds. The number of aromatic nitrogens is 2. The molecule has 0 atom stereocenters. The zero-order valence-electron chi connectivity index (χ0n) is 14.2. The van der Waals surface area contributed by atoms with Crippen LogP contribution in [0.25, 0.3) is 11.0 Å². The standard InChI is InChI=1S/C18H19N3O3S/c1-12(2)25(23,24)21-13(3)19-16-10-9-15(11-17(16)21)18(20-22)14-7-5-4-6-8-14/h4-12,22H,1-3H3/b20-18+. The van der Waals surface area contributed by atoms with E-state index in [9.17, 15) is 13.6 Å². The van der Waals surface area contributed by atoms with Crippen molar-refractivity contribution in [3.8, 4) is 0 Å². The molecule has 25 heavy (non-hydrogen) atoms. The third-order valence-electron chi connectivity index (χ3n) is 4.04. The molecule has 3 rings (SSSR count). The van der Waals surface area contributed by atoms with Crippen molar-refractivity contribution in [1.82, 2.24) is 8.96 Å². The van der Waals surface area contributed by atoms with Crippen molar-refractivity contribution in [2.75, 3.05) is 0 Å². The minimum atomic E-state index is -3.55. The van der Waals surface area contributed by atoms with Crippen LogP contribution in [-0.4, -0.2) is 33.5 Å². The van der Waals surface area contributed by atoms with E-state index in [2.05, 4.69) is 10.1 Å². The predicted octanol–water partition coefficient (Wildman–Crippen LogP) is 3.16. The number of rotatable bonds is 4. The van der Waals surface area contributed by atoms with E-state index in [0.717, 1.165) is 5.56 Å². The summed E-state index contributed by atoms with van der Waals surface area (Å²) in [5, 5.41) is 12.3. The Kier molecular flexibility index (Phi) is 4.34. The molecule has 0 fully saturated rings. The largest absolute Gasteiger partial charge is 0.410 e. The van der Waals surface area contributed by atoms with Crippen molar-refractivity contribution < 1.29 is 13.6 Å². The third-order valence-corrected chi connectivity index (χ3v) is 6.20. The highest BCUT2D eigenvalue weighted by Gasteiger charge is 2.24. The van der Waals surface area contributed by atoms with Crippen molar-refractivity contribution in [3.05, 3.63) is 65.5 Å². The Morgan fingerprint density at radius 1 is 1.12 bits per heavy atom. The summed E-state index contributed by atoms with van der Waals surface area (Å²) >= 11 is 0. The van der Waals surface area contributed by atoms with Crippen LogP contribution in [0.3, 0.4) is 0 Å². The normalized spacial score (nSPS) is 12.9. The van der Waals surface area contributed by atoms with E-state index in [1.54, 1.807) is 39.0 Å². The molecule has 0 saturated carbocycles. The maximum atomic E-state index is 12.7. The topological polar surface area (TPSA) is 84.6 Å². The van der Waals surface area contributed by atoms with Gasteiger partial charge < -0.3 is 5.21 Å². The van der Waals surface area contributed by atoms with Gasteiger partial charge in [0.25, 0.3) is 0 Å². The number of nitrogens with zero attached hydrogens (tertiary/aromatic N) is 3. The summed E-state index contributed by atoms with van der Waals surface area (Å²) in [4.78, 5) is 4.34. The first kappa shape index (κ1) is 17.2. The molecule has 0 aliphatic heterocycles. The zero-order chi connectivity index (χ0) is 18.2. The minimum absolute atomic E-state index is 0.370. The Bertz CT molecular complexity index is 1050. The molecule has 6 nitrogen and oxygen atoms in total. The summed E-state index contributed by atoms with van der Waals surface area (Å²) in [5.74, 6) is 0.406. The summed E-state index contributed by atoms with van der Waals surface area (Å²) < 4.78 is 26.6. The van der Waals surface area contributed by atoms with E-state index in [1.165, 1.54) is 3.97 Å². The monoisotopic (exact) mass is 357 g/mol. The molecule has 0 unspecified atom stereocenters. The molecule has 0 aliphatic carbocycles. The van der Waals surface area contributed by atoms with E-state index >= 15 is 0 Å². The van der Waals surface area contributed by atoms with Gasteiger partial charge in [-0.1, -0.05) is 41.6 Å². The SMILES string of the molecule is Cc1nc2ccc(/C(=N/O)c3ccccc3)cc2n1S(=O)(=O)C(C)C. The average molecular weight is 357 g/mol. The fourth-order valence-electron chi connectivity index (χ4n) is 2.73. The molecular formula is C18H19N3O3S. The molecule has 7 heteroatoms. The lowest BCUT2D eigenvalue weighted by Crippen LogP contribution is -2.23. The van der Waals surface area contributed by atoms with Gasteiger partial charge in [-0.15, -0.1) is 0 Å². The van der Waals surface area contributed by atoms with E-state index in [4.69, 9.17) is 0 Å². The average Bonchev–Trinajstić information content (AvgIpc) is 2.92. The second-order valence-corrected chi connectivity index (χ2v) is 8.37. The number of benzene rings is 2. The quantitative estimate of drug-likeness (QED) is 0.441. The van der Waals surface area contributed by atoms with Gasteiger partial charge in [-0.3, -0.25) is 0 Å². The van der Waals surface area contributed by atoms with Crippen LogP contribution in [0, 0.1) is 6.92 Å². The van der Waals surface area contributed by atoms with Gasteiger partial charge in [-0.2, -0.15) is 0 Å². The second kappa shape index (κ2) is 6.33. The predicted molar refractivity (Wildman–Crippen MR) is 97.8 cm³/mol.